The predicted octanol–water partition coefficient (Wildman–Crippen LogP) is 3.04. The molecule has 2 aromatic carbocycles. The fourth-order valence-corrected chi connectivity index (χ4v) is 2.25. The van der Waals surface area contributed by atoms with Gasteiger partial charge in [-0.25, -0.2) is 4.39 Å². The van der Waals surface area contributed by atoms with Crippen LogP contribution >= 0.6 is 0 Å². The fourth-order valence-electron chi connectivity index (χ4n) is 2.25. The first-order valence-corrected chi connectivity index (χ1v) is 7.40. The van der Waals surface area contributed by atoms with Gasteiger partial charge >= 0.3 is 0 Å². The minimum Gasteiger partial charge on any atom is -0.486 e. The van der Waals surface area contributed by atoms with E-state index in [9.17, 15) is 9.18 Å². The molecule has 5 nitrogen and oxygen atoms in total. The molecule has 2 aromatic rings. The van der Waals surface area contributed by atoms with Crippen molar-refractivity contribution in [3.05, 3.63) is 48.3 Å². The molecule has 0 atom stereocenters. The molecule has 0 unspecified atom stereocenters. The highest BCUT2D eigenvalue weighted by atomic mass is 19.1. The number of rotatable bonds is 5. The van der Waals surface area contributed by atoms with Crippen LogP contribution in [0.1, 0.15) is 6.42 Å². The molecule has 0 spiro atoms. The normalized spacial score (nSPS) is 12.6. The third kappa shape index (κ3) is 3.91. The van der Waals surface area contributed by atoms with Gasteiger partial charge in [-0.3, -0.25) is 4.79 Å². The van der Waals surface area contributed by atoms with Crippen LogP contribution in [0.4, 0.5) is 15.8 Å². The van der Waals surface area contributed by atoms with Crippen molar-refractivity contribution in [2.75, 3.05) is 30.4 Å². The molecule has 0 saturated heterocycles. The van der Waals surface area contributed by atoms with Gasteiger partial charge in [0.15, 0.2) is 11.5 Å². The van der Waals surface area contributed by atoms with Gasteiger partial charge in [0.2, 0.25) is 5.91 Å². The second-order valence-corrected chi connectivity index (χ2v) is 5.06. The first-order valence-electron chi connectivity index (χ1n) is 7.40. The quantitative estimate of drug-likeness (QED) is 0.890. The van der Waals surface area contributed by atoms with E-state index >= 15 is 0 Å². The van der Waals surface area contributed by atoms with Crippen LogP contribution in [0.2, 0.25) is 0 Å². The lowest BCUT2D eigenvalue weighted by Gasteiger charge is -2.19. The summed E-state index contributed by atoms with van der Waals surface area (Å²) in [6, 6.07) is 11.6. The van der Waals surface area contributed by atoms with Crippen LogP contribution in [-0.4, -0.2) is 25.7 Å². The van der Waals surface area contributed by atoms with E-state index < -0.39 is 5.82 Å². The minimum absolute atomic E-state index is 0.192. The van der Waals surface area contributed by atoms with Gasteiger partial charge in [-0.2, -0.15) is 0 Å². The van der Waals surface area contributed by atoms with Crippen LogP contribution in [-0.2, 0) is 4.79 Å². The molecule has 120 valence electrons. The van der Waals surface area contributed by atoms with Crippen LogP contribution in [0.3, 0.4) is 0 Å². The smallest absolute Gasteiger partial charge is 0.226 e. The molecular formula is C17H17FN2O3. The number of carbonyl (C=O) groups is 1. The van der Waals surface area contributed by atoms with Gasteiger partial charge in [-0.15, -0.1) is 0 Å². The Morgan fingerprint density at radius 1 is 1.09 bits per heavy atom. The molecule has 0 radical (unpaired) electrons. The number of halogens is 1. The molecule has 23 heavy (non-hydrogen) atoms. The van der Waals surface area contributed by atoms with Crippen LogP contribution in [0.15, 0.2) is 42.5 Å². The van der Waals surface area contributed by atoms with Gasteiger partial charge in [0.1, 0.15) is 19.0 Å². The molecular weight excluding hydrogens is 299 g/mol. The molecule has 0 aromatic heterocycles. The van der Waals surface area contributed by atoms with Crippen molar-refractivity contribution in [1.82, 2.24) is 0 Å². The van der Waals surface area contributed by atoms with Gasteiger partial charge in [0.25, 0.3) is 0 Å². The second kappa shape index (κ2) is 7.00. The molecule has 6 heteroatoms. The number of hydrogen-bond acceptors (Lipinski definition) is 4. The number of anilines is 2. The fraction of sp³-hybridized carbons (Fsp3) is 0.235. The van der Waals surface area contributed by atoms with E-state index in [2.05, 4.69) is 10.6 Å². The van der Waals surface area contributed by atoms with E-state index in [-0.39, 0.29) is 18.0 Å². The van der Waals surface area contributed by atoms with E-state index in [0.717, 1.165) is 11.4 Å². The van der Waals surface area contributed by atoms with Crippen molar-refractivity contribution in [2.45, 2.75) is 6.42 Å². The molecule has 2 N–H and O–H groups in total. The van der Waals surface area contributed by atoms with E-state index in [1.807, 2.05) is 18.2 Å². The number of benzene rings is 2. The van der Waals surface area contributed by atoms with E-state index in [1.165, 1.54) is 12.1 Å². The molecule has 0 aliphatic carbocycles. The van der Waals surface area contributed by atoms with Gasteiger partial charge in [0.05, 0.1) is 5.69 Å². The number of carbonyl (C=O) groups excluding carboxylic acids is 1. The van der Waals surface area contributed by atoms with Crippen molar-refractivity contribution < 1.29 is 18.7 Å². The minimum atomic E-state index is -0.444. The third-order valence-electron chi connectivity index (χ3n) is 3.37. The Morgan fingerprint density at radius 3 is 2.70 bits per heavy atom. The average molecular weight is 316 g/mol. The van der Waals surface area contributed by atoms with Crippen molar-refractivity contribution in [3.8, 4) is 11.5 Å². The number of hydrogen-bond donors (Lipinski definition) is 2. The van der Waals surface area contributed by atoms with Crippen molar-refractivity contribution in [1.29, 1.82) is 0 Å². The van der Waals surface area contributed by atoms with Gasteiger partial charge in [-0.05, 0) is 24.3 Å². The maximum Gasteiger partial charge on any atom is 0.226 e. The lowest BCUT2D eigenvalue weighted by molar-refractivity contribution is -0.116. The summed E-state index contributed by atoms with van der Waals surface area (Å²) in [6.45, 7) is 1.51. The topological polar surface area (TPSA) is 59.6 Å². The Kier molecular flexibility index (Phi) is 4.61. The molecule has 3 rings (SSSR count). The van der Waals surface area contributed by atoms with E-state index in [0.29, 0.717) is 25.5 Å². The Bertz CT molecular complexity index is 706. The molecule has 0 fully saturated rings. The highest BCUT2D eigenvalue weighted by Crippen LogP contribution is 2.32. The van der Waals surface area contributed by atoms with Crippen LogP contribution < -0.4 is 20.1 Å². The predicted molar refractivity (Wildman–Crippen MR) is 85.6 cm³/mol. The lowest BCUT2D eigenvalue weighted by Crippen LogP contribution is -2.17. The van der Waals surface area contributed by atoms with Crippen molar-refractivity contribution in [2.24, 2.45) is 0 Å². The van der Waals surface area contributed by atoms with Gasteiger partial charge in [0, 0.05) is 24.7 Å². The standard InChI is InChI=1S/C17H17FN2O3/c18-13-3-1-2-4-14(13)20-17(21)7-8-19-12-5-6-15-16(11-12)23-10-9-22-15/h1-6,11,19H,7-10H2,(H,20,21). The number of fused-ring (bicyclic) bond motifs is 1. The monoisotopic (exact) mass is 316 g/mol. The molecule has 1 aliphatic heterocycles. The summed E-state index contributed by atoms with van der Waals surface area (Å²) in [4.78, 5) is 11.8. The van der Waals surface area contributed by atoms with E-state index in [1.54, 1.807) is 12.1 Å². The zero-order valence-corrected chi connectivity index (χ0v) is 12.5. The zero-order valence-electron chi connectivity index (χ0n) is 12.5. The highest BCUT2D eigenvalue weighted by Gasteiger charge is 2.12. The molecule has 0 saturated carbocycles. The second-order valence-electron chi connectivity index (χ2n) is 5.06. The molecule has 1 heterocycles. The Hall–Kier alpha value is -2.76. The maximum absolute atomic E-state index is 13.4. The summed E-state index contributed by atoms with van der Waals surface area (Å²) in [6.07, 6.45) is 0.225. The first kappa shape index (κ1) is 15.1. The van der Waals surface area contributed by atoms with Gasteiger partial charge < -0.3 is 20.1 Å². The molecule has 1 aliphatic rings. The SMILES string of the molecule is O=C(CCNc1ccc2c(c1)OCCO2)Nc1ccccc1F. The molecule has 0 bridgehead atoms. The summed E-state index contributed by atoms with van der Waals surface area (Å²) < 4.78 is 24.4. The Morgan fingerprint density at radius 2 is 1.87 bits per heavy atom. The average Bonchev–Trinajstić information content (AvgIpc) is 2.57. The summed E-state index contributed by atoms with van der Waals surface area (Å²) in [7, 11) is 0. The lowest BCUT2D eigenvalue weighted by atomic mass is 10.2. The summed E-state index contributed by atoms with van der Waals surface area (Å²) in [5.74, 6) is 0.719. The zero-order chi connectivity index (χ0) is 16.1. The number of ether oxygens (including phenoxy) is 2. The number of para-hydroxylation sites is 1. The maximum atomic E-state index is 13.4. The van der Waals surface area contributed by atoms with Crippen molar-refractivity contribution in [3.63, 3.8) is 0 Å². The highest BCUT2D eigenvalue weighted by molar-refractivity contribution is 5.91. The Labute approximate surface area is 133 Å². The largest absolute Gasteiger partial charge is 0.486 e. The van der Waals surface area contributed by atoms with Crippen LogP contribution in [0.25, 0.3) is 0 Å². The van der Waals surface area contributed by atoms with E-state index in [4.69, 9.17) is 9.47 Å². The van der Waals surface area contributed by atoms with Crippen LogP contribution in [0.5, 0.6) is 11.5 Å². The number of nitrogens with one attached hydrogen (secondary N) is 2. The van der Waals surface area contributed by atoms with Crippen LogP contribution in [0, 0.1) is 5.82 Å². The Balaban J connectivity index is 1.49. The third-order valence-corrected chi connectivity index (χ3v) is 3.37. The summed E-state index contributed by atoms with van der Waals surface area (Å²) in [5, 5.41) is 5.68. The van der Waals surface area contributed by atoms with Crippen molar-refractivity contribution >= 4 is 17.3 Å². The molecule has 1 amide bonds. The summed E-state index contributed by atoms with van der Waals surface area (Å²) in [5.41, 5.74) is 1.03. The summed E-state index contributed by atoms with van der Waals surface area (Å²) >= 11 is 0. The number of amides is 1. The van der Waals surface area contributed by atoms with Gasteiger partial charge in [-0.1, -0.05) is 12.1 Å². The first-order chi connectivity index (χ1) is 11.2.